The number of thiazole rings is 1. The number of Topliss-reactive ketones (excluding diaryl/α,β-unsaturated/α-hetero) is 1. The number of amides is 1. The van der Waals surface area contributed by atoms with Crippen LogP contribution in [0.4, 0.5) is 5.13 Å². The Bertz CT molecular complexity index is 696. The average Bonchev–Trinajstić information content (AvgIpc) is 2.87. The molecule has 20 heavy (non-hydrogen) atoms. The SMILES string of the molecule is CC(=O)c1csc(NC(=O)c2ncccc2C(=O)O)n1. The summed E-state index contributed by atoms with van der Waals surface area (Å²) < 4.78 is 0. The summed E-state index contributed by atoms with van der Waals surface area (Å²) >= 11 is 1.08. The van der Waals surface area contributed by atoms with Gasteiger partial charge >= 0.3 is 5.97 Å². The zero-order chi connectivity index (χ0) is 14.7. The average molecular weight is 291 g/mol. The molecule has 0 radical (unpaired) electrons. The third kappa shape index (κ3) is 2.86. The molecule has 2 N–H and O–H groups in total. The maximum absolute atomic E-state index is 12.0. The van der Waals surface area contributed by atoms with E-state index in [2.05, 4.69) is 15.3 Å². The number of carboxylic acids is 1. The predicted molar refractivity (Wildman–Crippen MR) is 71.3 cm³/mol. The lowest BCUT2D eigenvalue weighted by Crippen LogP contribution is -2.18. The molecule has 0 aliphatic rings. The molecule has 0 fully saturated rings. The largest absolute Gasteiger partial charge is 0.478 e. The summed E-state index contributed by atoms with van der Waals surface area (Å²) in [4.78, 5) is 41.7. The number of carbonyl (C=O) groups excluding carboxylic acids is 2. The van der Waals surface area contributed by atoms with Gasteiger partial charge in [-0.15, -0.1) is 11.3 Å². The molecule has 0 saturated heterocycles. The maximum Gasteiger partial charge on any atom is 0.338 e. The minimum atomic E-state index is -1.24. The van der Waals surface area contributed by atoms with Gasteiger partial charge in [-0.1, -0.05) is 0 Å². The number of hydrogen-bond donors (Lipinski definition) is 2. The predicted octanol–water partition coefficient (Wildman–Crippen LogP) is 1.69. The zero-order valence-electron chi connectivity index (χ0n) is 10.3. The highest BCUT2D eigenvalue weighted by Gasteiger charge is 2.18. The van der Waals surface area contributed by atoms with Crippen molar-refractivity contribution in [2.45, 2.75) is 6.92 Å². The molecule has 2 aromatic rings. The van der Waals surface area contributed by atoms with E-state index in [9.17, 15) is 14.4 Å². The van der Waals surface area contributed by atoms with Crippen molar-refractivity contribution in [3.05, 3.63) is 40.7 Å². The highest BCUT2D eigenvalue weighted by atomic mass is 32.1. The van der Waals surface area contributed by atoms with E-state index in [1.807, 2.05) is 0 Å². The van der Waals surface area contributed by atoms with Gasteiger partial charge in [0.15, 0.2) is 10.9 Å². The van der Waals surface area contributed by atoms with Gasteiger partial charge in [-0.25, -0.2) is 9.78 Å². The minimum absolute atomic E-state index is 0.201. The van der Waals surface area contributed by atoms with Crippen molar-refractivity contribution in [1.82, 2.24) is 9.97 Å². The Morgan fingerprint density at radius 3 is 2.70 bits per heavy atom. The lowest BCUT2D eigenvalue weighted by molar-refractivity contribution is 0.0691. The number of hydrogen-bond acceptors (Lipinski definition) is 6. The highest BCUT2D eigenvalue weighted by Crippen LogP contribution is 2.17. The number of anilines is 1. The third-order valence-electron chi connectivity index (χ3n) is 2.34. The fourth-order valence-electron chi connectivity index (χ4n) is 1.41. The molecule has 0 unspecified atom stereocenters. The van der Waals surface area contributed by atoms with Crippen LogP contribution in [0.25, 0.3) is 0 Å². The molecule has 0 saturated carbocycles. The van der Waals surface area contributed by atoms with Crippen LogP contribution in [0.2, 0.25) is 0 Å². The van der Waals surface area contributed by atoms with Crippen LogP contribution in [-0.4, -0.2) is 32.7 Å². The molecule has 1 amide bonds. The Morgan fingerprint density at radius 2 is 2.10 bits per heavy atom. The third-order valence-corrected chi connectivity index (χ3v) is 3.10. The van der Waals surface area contributed by atoms with Gasteiger partial charge in [0, 0.05) is 18.5 Å². The van der Waals surface area contributed by atoms with Crippen molar-refractivity contribution in [2.75, 3.05) is 5.32 Å². The van der Waals surface area contributed by atoms with Gasteiger partial charge < -0.3 is 5.11 Å². The van der Waals surface area contributed by atoms with Gasteiger partial charge in [-0.3, -0.25) is 19.9 Å². The number of aromatic nitrogens is 2. The van der Waals surface area contributed by atoms with E-state index >= 15 is 0 Å². The molecule has 0 spiro atoms. The fourth-order valence-corrected chi connectivity index (χ4v) is 2.15. The van der Waals surface area contributed by atoms with E-state index in [1.54, 1.807) is 0 Å². The van der Waals surface area contributed by atoms with Crippen molar-refractivity contribution >= 4 is 34.1 Å². The second-order valence-electron chi connectivity index (χ2n) is 3.75. The summed E-state index contributed by atoms with van der Waals surface area (Å²) in [7, 11) is 0. The van der Waals surface area contributed by atoms with Crippen LogP contribution in [0.5, 0.6) is 0 Å². The van der Waals surface area contributed by atoms with E-state index in [4.69, 9.17) is 5.11 Å². The molecule has 0 aromatic carbocycles. The highest BCUT2D eigenvalue weighted by molar-refractivity contribution is 7.14. The summed E-state index contributed by atoms with van der Waals surface area (Å²) in [6, 6.07) is 2.71. The molecule has 0 bridgehead atoms. The summed E-state index contributed by atoms with van der Waals surface area (Å²) in [5.74, 6) is -2.15. The topological polar surface area (TPSA) is 109 Å². The smallest absolute Gasteiger partial charge is 0.338 e. The number of rotatable bonds is 4. The molecule has 0 aliphatic heterocycles. The molecule has 2 heterocycles. The van der Waals surface area contributed by atoms with E-state index < -0.39 is 11.9 Å². The van der Waals surface area contributed by atoms with Crippen LogP contribution in [-0.2, 0) is 0 Å². The summed E-state index contributed by atoms with van der Waals surface area (Å²) in [6.45, 7) is 1.36. The van der Waals surface area contributed by atoms with Gasteiger partial charge in [0.2, 0.25) is 0 Å². The summed E-state index contributed by atoms with van der Waals surface area (Å²) in [5.41, 5.74) is -0.169. The van der Waals surface area contributed by atoms with E-state index in [0.717, 1.165) is 11.3 Å². The molecular formula is C12H9N3O4S. The molecule has 0 aliphatic carbocycles. The second kappa shape index (κ2) is 5.57. The summed E-state index contributed by atoms with van der Waals surface area (Å²) in [6.07, 6.45) is 1.32. The first-order chi connectivity index (χ1) is 9.49. The molecule has 102 valence electrons. The van der Waals surface area contributed by atoms with Gasteiger partial charge in [-0.05, 0) is 12.1 Å². The Morgan fingerprint density at radius 1 is 1.35 bits per heavy atom. The molecule has 2 rings (SSSR count). The molecule has 8 heteroatoms. The lowest BCUT2D eigenvalue weighted by Gasteiger charge is -2.03. The second-order valence-corrected chi connectivity index (χ2v) is 4.61. The minimum Gasteiger partial charge on any atom is -0.478 e. The van der Waals surface area contributed by atoms with Gasteiger partial charge in [0.1, 0.15) is 11.4 Å². The first kappa shape index (κ1) is 13.8. The van der Waals surface area contributed by atoms with E-state index in [1.165, 1.54) is 30.6 Å². The van der Waals surface area contributed by atoms with Gasteiger partial charge in [0.05, 0.1) is 5.56 Å². The normalized spacial score (nSPS) is 10.1. The van der Waals surface area contributed by atoms with Crippen LogP contribution < -0.4 is 5.32 Å². The lowest BCUT2D eigenvalue weighted by atomic mass is 10.2. The van der Waals surface area contributed by atoms with Crippen LogP contribution in [0.3, 0.4) is 0 Å². The first-order valence-electron chi connectivity index (χ1n) is 5.45. The van der Waals surface area contributed by atoms with E-state index in [-0.39, 0.29) is 27.9 Å². The van der Waals surface area contributed by atoms with Crippen LogP contribution >= 0.6 is 11.3 Å². The van der Waals surface area contributed by atoms with Crippen LogP contribution in [0, 0.1) is 0 Å². The Labute approximate surface area is 117 Å². The first-order valence-corrected chi connectivity index (χ1v) is 6.33. The fraction of sp³-hybridized carbons (Fsp3) is 0.0833. The van der Waals surface area contributed by atoms with Crippen LogP contribution in [0.1, 0.15) is 38.3 Å². The quantitative estimate of drug-likeness (QED) is 0.830. The van der Waals surface area contributed by atoms with Crippen molar-refractivity contribution in [2.24, 2.45) is 0 Å². The number of ketones is 1. The Hall–Kier alpha value is -2.61. The molecule has 2 aromatic heterocycles. The zero-order valence-corrected chi connectivity index (χ0v) is 11.1. The van der Waals surface area contributed by atoms with Gasteiger partial charge in [-0.2, -0.15) is 0 Å². The molecule has 0 atom stereocenters. The standard InChI is InChI=1S/C12H9N3O4S/c1-6(16)8-5-20-12(14-8)15-10(17)9-7(11(18)19)3-2-4-13-9/h2-5H,1H3,(H,18,19)(H,14,15,17). The van der Waals surface area contributed by atoms with Crippen molar-refractivity contribution in [1.29, 1.82) is 0 Å². The van der Waals surface area contributed by atoms with Crippen molar-refractivity contribution in [3.63, 3.8) is 0 Å². The Balaban J connectivity index is 2.24. The number of carbonyl (C=O) groups is 3. The Kier molecular flexibility index (Phi) is 3.85. The van der Waals surface area contributed by atoms with Gasteiger partial charge in [0.25, 0.3) is 5.91 Å². The molecule has 7 nitrogen and oxygen atoms in total. The van der Waals surface area contributed by atoms with Crippen molar-refractivity contribution in [3.8, 4) is 0 Å². The van der Waals surface area contributed by atoms with E-state index in [0.29, 0.717) is 0 Å². The number of nitrogens with zero attached hydrogens (tertiary/aromatic N) is 2. The number of carboxylic acid groups (broad SMARTS) is 1. The van der Waals surface area contributed by atoms with Crippen molar-refractivity contribution < 1.29 is 19.5 Å². The summed E-state index contributed by atoms with van der Waals surface area (Å²) in [5, 5.41) is 13.1. The molecular weight excluding hydrogens is 282 g/mol. The maximum atomic E-state index is 12.0. The monoisotopic (exact) mass is 291 g/mol. The number of nitrogens with one attached hydrogen (secondary N) is 1. The number of pyridine rings is 1. The van der Waals surface area contributed by atoms with Crippen LogP contribution in [0.15, 0.2) is 23.7 Å². The number of aromatic carboxylic acids is 1.